The Hall–Kier alpha value is -1.62. The number of halogens is 1. The standard InChI is InChI=1S/C13H20FN3O/c1-3-4-7-17(2)9-13(18)16-10-5-6-11(14)12(15)8-10/h5-6,8H,3-4,7,9,15H2,1-2H3,(H,16,18). The number of hydrogen-bond acceptors (Lipinski definition) is 3. The molecular formula is C13H20FN3O. The molecule has 0 unspecified atom stereocenters. The lowest BCUT2D eigenvalue weighted by atomic mass is 10.2. The number of carbonyl (C=O) groups excluding carboxylic acids is 1. The van der Waals surface area contributed by atoms with Crippen molar-refractivity contribution < 1.29 is 9.18 Å². The van der Waals surface area contributed by atoms with Crippen molar-refractivity contribution in [2.45, 2.75) is 19.8 Å². The Morgan fingerprint density at radius 3 is 2.83 bits per heavy atom. The number of nitrogens with one attached hydrogen (secondary N) is 1. The average molecular weight is 253 g/mol. The van der Waals surface area contributed by atoms with Gasteiger partial charge in [-0.05, 0) is 38.2 Å². The number of amides is 1. The molecule has 0 radical (unpaired) electrons. The summed E-state index contributed by atoms with van der Waals surface area (Å²) in [5.74, 6) is -0.604. The smallest absolute Gasteiger partial charge is 0.238 e. The minimum Gasteiger partial charge on any atom is -0.396 e. The van der Waals surface area contributed by atoms with Crippen LogP contribution in [-0.4, -0.2) is 30.9 Å². The molecule has 0 fully saturated rings. The van der Waals surface area contributed by atoms with E-state index in [1.165, 1.54) is 18.2 Å². The molecule has 0 atom stereocenters. The molecule has 0 saturated heterocycles. The third-order valence-corrected chi connectivity index (χ3v) is 2.59. The summed E-state index contributed by atoms with van der Waals surface area (Å²) in [6.07, 6.45) is 2.16. The summed E-state index contributed by atoms with van der Waals surface area (Å²) in [4.78, 5) is 13.6. The summed E-state index contributed by atoms with van der Waals surface area (Å²) in [6, 6.07) is 4.15. The number of anilines is 2. The third-order valence-electron chi connectivity index (χ3n) is 2.59. The zero-order valence-electron chi connectivity index (χ0n) is 10.9. The maximum Gasteiger partial charge on any atom is 0.238 e. The zero-order chi connectivity index (χ0) is 13.5. The molecule has 0 spiro atoms. The van der Waals surface area contributed by atoms with Crippen LogP contribution in [0, 0.1) is 5.82 Å². The molecule has 1 amide bonds. The molecule has 100 valence electrons. The molecule has 4 nitrogen and oxygen atoms in total. The maximum absolute atomic E-state index is 12.9. The summed E-state index contributed by atoms with van der Waals surface area (Å²) in [5, 5.41) is 2.69. The molecule has 0 saturated carbocycles. The van der Waals surface area contributed by atoms with Crippen LogP contribution in [0.3, 0.4) is 0 Å². The van der Waals surface area contributed by atoms with Crippen molar-refractivity contribution in [3.8, 4) is 0 Å². The first-order valence-corrected chi connectivity index (χ1v) is 6.06. The minimum absolute atomic E-state index is 0.0344. The van der Waals surface area contributed by atoms with Crippen LogP contribution in [0.4, 0.5) is 15.8 Å². The van der Waals surface area contributed by atoms with E-state index >= 15 is 0 Å². The first-order chi connectivity index (χ1) is 8.52. The third kappa shape index (κ3) is 4.71. The summed E-state index contributed by atoms with van der Waals surface area (Å²) < 4.78 is 12.9. The summed E-state index contributed by atoms with van der Waals surface area (Å²) >= 11 is 0. The van der Waals surface area contributed by atoms with Crippen LogP contribution in [0.25, 0.3) is 0 Å². The Labute approximate surface area is 107 Å². The lowest BCUT2D eigenvalue weighted by molar-refractivity contribution is -0.117. The highest BCUT2D eigenvalue weighted by atomic mass is 19.1. The highest BCUT2D eigenvalue weighted by molar-refractivity contribution is 5.92. The SMILES string of the molecule is CCCCN(C)CC(=O)Nc1ccc(F)c(N)c1. The van der Waals surface area contributed by atoms with Gasteiger partial charge in [0.25, 0.3) is 0 Å². The number of benzene rings is 1. The van der Waals surface area contributed by atoms with E-state index in [0.717, 1.165) is 19.4 Å². The Bertz CT molecular complexity index is 409. The fraction of sp³-hybridized carbons (Fsp3) is 0.462. The van der Waals surface area contributed by atoms with E-state index < -0.39 is 5.82 Å². The monoisotopic (exact) mass is 253 g/mol. The number of likely N-dealkylation sites (N-methyl/N-ethyl adjacent to an activating group) is 1. The molecule has 0 aliphatic carbocycles. The molecule has 1 rings (SSSR count). The summed E-state index contributed by atoms with van der Waals surface area (Å²) in [5.41, 5.74) is 5.98. The Kier molecular flexibility index (Phi) is 5.58. The second kappa shape index (κ2) is 6.96. The normalized spacial score (nSPS) is 10.7. The molecule has 1 aromatic rings. The van der Waals surface area contributed by atoms with Gasteiger partial charge in [-0.15, -0.1) is 0 Å². The largest absolute Gasteiger partial charge is 0.396 e. The number of nitrogens with zero attached hydrogens (tertiary/aromatic N) is 1. The van der Waals surface area contributed by atoms with Crippen molar-refractivity contribution in [3.05, 3.63) is 24.0 Å². The van der Waals surface area contributed by atoms with Crippen molar-refractivity contribution in [3.63, 3.8) is 0 Å². The predicted octanol–water partition coefficient (Wildman–Crippen LogP) is 2.08. The lowest BCUT2D eigenvalue weighted by Gasteiger charge is -2.15. The van der Waals surface area contributed by atoms with Gasteiger partial charge in [0.1, 0.15) is 5.82 Å². The fourth-order valence-corrected chi connectivity index (χ4v) is 1.57. The first-order valence-electron chi connectivity index (χ1n) is 6.06. The predicted molar refractivity (Wildman–Crippen MR) is 71.8 cm³/mol. The number of nitrogens with two attached hydrogens (primary N) is 1. The van der Waals surface area contributed by atoms with Crippen molar-refractivity contribution in [2.75, 3.05) is 31.2 Å². The van der Waals surface area contributed by atoms with Crippen LogP contribution in [0.15, 0.2) is 18.2 Å². The van der Waals surface area contributed by atoms with Gasteiger partial charge >= 0.3 is 0 Å². The fourth-order valence-electron chi connectivity index (χ4n) is 1.57. The van der Waals surface area contributed by atoms with Crippen molar-refractivity contribution >= 4 is 17.3 Å². The van der Waals surface area contributed by atoms with Gasteiger partial charge in [-0.25, -0.2) is 4.39 Å². The Balaban J connectivity index is 2.46. The topological polar surface area (TPSA) is 58.4 Å². The number of carbonyl (C=O) groups is 1. The van der Waals surface area contributed by atoms with E-state index in [1.807, 2.05) is 11.9 Å². The number of rotatable bonds is 6. The minimum atomic E-state index is -0.479. The van der Waals surface area contributed by atoms with Gasteiger partial charge in [-0.1, -0.05) is 13.3 Å². The first kappa shape index (κ1) is 14.4. The number of hydrogen-bond donors (Lipinski definition) is 2. The van der Waals surface area contributed by atoms with Gasteiger partial charge in [0.2, 0.25) is 5.91 Å². The van der Waals surface area contributed by atoms with Crippen LogP contribution in [0.2, 0.25) is 0 Å². The second-order valence-corrected chi connectivity index (χ2v) is 4.38. The van der Waals surface area contributed by atoms with E-state index in [2.05, 4.69) is 12.2 Å². The average Bonchev–Trinajstić information content (AvgIpc) is 2.31. The van der Waals surface area contributed by atoms with Gasteiger partial charge < -0.3 is 11.1 Å². The second-order valence-electron chi connectivity index (χ2n) is 4.38. The van der Waals surface area contributed by atoms with Gasteiger partial charge in [0, 0.05) is 5.69 Å². The van der Waals surface area contributed by atoms with Crippen molar-refractivity contribution in [1.29, 1.82) is 0 Å². The van der Waals surface area contributed by atoms with Gasteiger partial charge in [0.05, 0.1) is 12.2 Å². The molecule has 0 bridgehead atoms. The molecule has 0 heterocycles. The van der Waals surface area contributed by atoms with Crippen molar-refractivity contribution in [2.24, 2.45) is 0 Å². The van der Waals surface area contributed by atoms with Crippen LogP contribution in [-0.2, 0) is 4.79 Å². The van der Waals surface area contributed by atoms with Gasteiger partial charge in [-0.2, -0.15) is 0 Å². The van der Waals surface area contributed by atoms with E-state index in [9.17, 15) is 9.18 Å². The van der Waals surface area contributed by atoms with Gasteiger partial charge in [-0.3, -0.25) is 9.69 Å². The van der Waals surface area contributed by atoms with Crippen molar-refractivity contribution in [1.82, 2.24) is 4.90 Å². The van der Waals surface area contributed by atoms with E-state index in [-0.39, 0.29) is 11.6 Å². The van der Waals surface area contributed by atoms with Crippen LogP contribution >= 0.6 is 0 Å². The summed E-state index contributed by atoms with van der Waals surface area (Å²) in [7, 11) is 1.90. The molecule has 3 N–H and O–H groups in total. The maximum atomic E-state index is 12.9. The summed E-state index contributed by atoms with van der Waals surface area (Å²) in [6.45, 7) is 3.31. The molecule has 0 aromatic heterocycles. The molecule has 0 aliphatic heterocycles. The van der Waals surface area contributed by atoms with Crippen LogP contribution in [0.5, 0.6) is 0 Å². The van der Waals surface area contributed by atoms with Gasteiger partial charge in [0.15, 0.2) is 0 Å². The quantitative estimate of drug-likeness (QED) is 0.763. The highest BCUT2D eigenvalue weighted by Crippen LogP contribution is 2.16. The lowest BCUT2D eigenvalue weighted by Crippen LogP contribution is -2.30. The van der Waals surface area contributed by atoms with E-state index in [1.54, 1.807) is 0 Å². The molecule has 1 aromatic carbocycles. The van der Waals surface area contributed by atoms with Crippen LogP contribution < -0.4 is 11.1 Å². The zero-order valence-corrected chi connectivity index (χ0v) is 10.9. The molecule has 0 aliphatic rings. The number of nitrogen functional groups attached to an aromatic ring is 1. The molecular weight excluding hydrogens is 233 g/mol. The van der Waals surface area contributed by atoms with Crippen LogP contribution in [0.1, 0.15) is 19.8 Å². The number of unbranched alkanes of at least 4 members (excludes halogenated alkanes) is 1. The highest BCUT2D eigenvalue weighted by Gasteiger charge is 2.07. The van der Waals surface area contributed by atoms with E-state index in [4.69, 9.17) is 5.73 Å². The Morgan fingerprint density at radius 1 is 1.50 bits per heavy atom. The molecule has 5 heteroatoms. The Morgan fingerprint density at radius 2 is 2.22 bits per heavy atom. The molecule has 18 heavy (non-hydrogen) atoms. The van der Waals surface area contributed by atoms with E-state index in [0.29, 0.717) is 12.2 Å².